The number of carbonyl (C=O) groups excluding carboxylic acids is 3. The number of nitrogens with zero attached hydrogens (tertiary/aromatic N) is 2. The number of nitro groups is 1. The predicted molar refractivity (Wildman–Crippen MR) is 113 cm³/mol. The first-order valence-electron chi connectivity index (χ1n) is 10.0. The molecule has 2 amide bonds. The van der Waals surface area contributed by atoms with Gasteiger partial charge in [0.25, 0.3) is 11.6 Å². The van der Waals surface area contributed by atoms with Gasteiger partial charge in [0.2, 0.25) is 5.91 Å². The van der Waals surface area contributed by atoms with Gasteiger partial charge in [0.1, 0.15) is 18.4 Å². The quantitative estimate of drug-likeness (QED) is 0.376. The number of hydrogen-bond donors (Lipinski definition) is 1. The fraction of sp³-hybridized carbons (Fsp3) is 0.318. The van der Waals surface area contributed by atoms with Crippen LogP contribution in [0.2, 0.25) is 0 Å². The molecular weight excluding hydrogens is 418 g/mol. The molecule has 1 N–H and O–H groups in total. The topological polar surface area (TPSA) is 128 Å². The first-order chi connectivity index (χ1) is 15.3. The van der Waals surface area contributed by atoms with Crippen molar-refractivity contribution in [2.45, 2.75) is 32.1 Å². The largest absolute Gasteiger partial charge is 0.481 e. The average Bonchev–Trinajstić information content (AvgIpc) is 2.79. The van der Waals surface area contributed by atoms with Crippen molar-refractivity contribution in [2.75, 3.05) is 13.1 Å². The molecule has 0 spiro atoms. The van der Waals surface area contributed by atoms with Gasteiger partial charge in [0.05, 0.1) is 11.3 Å². The van der Waals surface area contributed by atoms with Crippen LogP contribution >= 0.6 is 0 Å². The first-order valence-corrected chi connectivity index (χ1v) is 10.0. The summed E-state index contributed by atoms with van der Waals surface area (Å²) < 4.78 is 10.8. The van der Waals surface area contributed by atoms with Crippen molar-refractivity contribution < 1.29 is 28.8 Å². The maximum absolute atomic E-state index is 13.0. The van der Waals surface area contributed by atoms with Crippen molar-refractivity contribution in [1.82, 2.24) is 10.2 Å². The van der Waals surface area contributed by atoms with Crippen LogP contribution in [0.25, 0.3) is 0 Å². The Bertz CT molecular complexity index is 979. The van der Waals surface area contributed by atoms with Gasteiger partial charge < -0.3 is 19.7 Å². The van der Waals surface area contributed by atoms with Gasteiger partial charge in [-0.3, -0.25) is 24.5 Å². The van der Waals surface area contributed by atoms with Crippen LogP contribution in [-0.4, -0.2) is 52.8 Å². The summed E-state index contributed by atoms with van der Waals surface area (Å²) in [6, 6.07) is 13.4. The van der Waals surface area contributed by atoms with Crippen LogP contribution in [0.15, 0.2) is 54.6 Å². The molecule has 0 bridgehead atoms. The Balaban J connectivity index is 1.61. The number of nitro benzene ring substituents is 1. The highest BCUT2D eigenvalue weighted by Crippen LogP contribution is 2.20. The number of benzene rings is 2. The zero-order chi connectivity index (χ0) is 23.1. The van der Waals surface area contributed by atoms with Crippen LogP contribution in [0.5, 0.6) is 5.75 Å². The van der Waals surface area contributed by atoms with E-state index in [2.05, 4.69) is 5.32 Å². The van der Waals surface area contributed by atoms with Crippen molar-refractivity contribution in [3.63, 3.8) is 0 Å². The highest BCUT2D eigenvalue weighted by molar-refractivity contribution is 5.93. The molecule has 32 heavy (non-hydrogen) atoms. The normalized spacial score (nSPS) is 16.6. The van der Waals surface area contributed by atoms with Crippen LogP contribution in [0.1, 0.15) is 18.9 Å². The Morgan fingerprint density at radius 3 is 2.53 bits per heavy atom. The van der Waals surface area contributed by atoms with Crippen molar-refractivity contribution >= 4 is 23.5 Å². The Morgan fingerprint density at radius 2 is 1.88 bits per heavy atom. The fourth-order valence-corrected chi connectivity index (χ4v) is 3.27. The number of rotatable bonds is 8. The Hall–Kier alpha value is -3.95. The molecule has 0 aliphatic carbocycles. The van der Waals surface area contributed by atoms with Gasteiger partial charge in [-0.2, -0.15) is 0 Å². The van der Waals surface area contributed by atoms with E-state index in [9.17, 15) is 24.5 Å². The lowest BCUT2D eigenvalue weighted by molar-refractivity contribution is -0.384. The summed E-state index contributed by atoms with van der Waals surface area (Å²) in [6.07, 6.45) is -1.25. The van der Waals surface area contributed by atoms with Crippen LogP contribution in [0, 0.1) is 10.1 Å². The van der Waals surface area contributed by atoms with Crippen LogP contribution in [0.4, 0.5) is 5.69 Å². The zero-order valence-corrected chi connectivity index (χ0v) is 17.4. The van der Waals surface area contributed by atoms with Gasteiger partial charge in [-0.05, 0) is 24.6 Å². The molecule has 0 aromatic heterocycles. The number of hydrogen-bond acceptors (Lipinski definition) is 7. The molecule has 1 saturated heterocycles. The molecule has 1 aliphatic heterocycles. The fourth-order valence-electron chi connectivity index (χ4n) is 3.27. The minimum absolute atomic E-state index is 0.0710. The second-order valence-electron chi connectivity index (χ2n) is 7.20. The van der Waals surface area contributed by atoms with Crippen molar-refractivity contribution in [1.29, 1.82) is 0 Å². The second kappa shape index (κ2) is 10.4. The zero-order valence-electron chi connectivity index (χ0n) is 17.4. The van der Waals surface area contributed by atoms with Gasteiger partial charge in [0.15, 0.2) is 6.10 Å². The van der Waals surface area contributed by atoms with Crippen LogP contribution in [0.3, 0.4) is 0 Å². The molecule has 2 aromatic carbocycles. The summed E-state index contributed by atoms with van der Waals surface area (Å²) in [7, 11) is 0. The lowest BCUT2D eigenvalue weighted by atomic mass is 10.1. The summed E-state index contributed by atoms with van der Waals surface area (Å²) in [5, 5.41) is 13.4. The van der Waals surface area contributed by atoms with Gasteiger partial charge in [-0.15, -0.1) is 0 Å². The Morgan fingerprint density at radius 1 is 1.19 bits per heavy atom. The summed E-state index contributed by atoms with van der Waals surface area (Å²) in [5.41, 5.74) is 0.713. The molecule has 0 saturated carbocycles. The minimum Gasteiger partial charge on any atom is -0.481 e. The smallest absolute Gasteiger partial charge is 0.308 e. The summed E-state index contributed by atoms with van der Waals surface area (Å²) in [5.74, 6) is -1.24. The summed E-state index contributed by atoms with van der Waals surface area (Å²) in [4.78, 5) is 49.2. The Kier molecular flexibility index (Phi) is 7.37. The van der Waals surface area contributed by atoms with E-state index in [4.69, 9.17) is 9.47 Å². The highest BCUT2D eigenvalue weighted by Gasteiger charge is 2.37. The Labute approximate surface area is 184 Å². The number of ether oxygens (including phenoxy) is 2. The number of piperazine rings is 1. The molecule has 2 unspecified atom stereocenters. The molecule has 1 fully saturated rings. The van der Waals surface area contributed by atoms with E-state index in [0.717, 1.165) is 5.56 Å². The third-order valence-electron chi connectivity index (χ3n) is 4.92. The van der Waals surface area contributed by atoms with E-state index >= 15 is 0 Å². The van der Waals surface area contributed by atoms with Gasteiger partial charge in [-0.1, -0.05) is 30.3 Å². The number of carbonyl (C=O) groups is 3. The van der Waals surface area contributed by atoms with Crippen molar-refractivity contribution in [2.24, 2.45) is 0 Å². The molecule has 1 aliphatic rings. The van der Waals surface area contributed by atoms with Gasteiger partial charge in [0, 0.05) is 25.2 Å². The third-order valence-corrected chi connectivity index (χ3v) is 4.92. The molecule has 10 nitrogen and oxygen atoms in total. The highest BCUT2D eigenvalue weighted by atomic mass is 16.6. The molecule has 3 rings (SSSR count). The first kappa shape index (κ1) is 22.7. The standard InChI is InChI=1S/C22H23N3O7/c1-15(32-18-9-7-17(8-10-18)25(29)30)22(28)24-12-11-23-21(27)19(24)13-20(26)31-14-16-5-3-2-4-6-16/h2-10,15,19H,11-14H2,1H3,(H,23,27). The maximum atomic E-state index is 13.0. The van der Waals surface area contributed by atoms with E-state index in [1.165, 1.54) is 36.1 Å². The van der Waals surface area contributed by atoms with E-state index in [-0.39, 0.29) is 37.6 Å². The second-order valence-corrected chi connectivity index (χ2v) is 7.20. The number of amides is 2. The van der Waals surface area contributed by atoms with E-state index in [1.807, 2.05) is 30.3 Å². The molecular formula is C22H23N3O7. The van der Waals surface area contributed by atoms with Crippen LogP contribution in [-0.2, 0) is 25.7 Å². The SMILES string of the molecule is CC(Oc1ccc([N+](=O)[O-])cc1)C(=O)N1CCNC(=O)C1CC(=O)OCc1ccccc1. The molecule has 2 atom stereocenters. The van der Waals surface area contributed by atoms with E-state index in [0.29, 0.717) is 0 Å². The molecule has 2 aromatic rings. The monoisotopic (exact) mass is 441 g/mol. The number of nitrogens with one attached hydrogen (secondary N) is 1. The number of non-ortho nitro benzene ring substituents is 1. The summed E-state index contributed by atoms with van der Waals surface area (Å²) >= 11 is 0. The van der Waals surface area contributed by atoms with Gasteiger partial charge >= 0.3 is 5.97 Å². The molecule has 0 radical (unpaired) electrons. The lowest BCUT2D eigenvalue weighted by Crippen LogP contribution is -2.60. The minimum atomic E-state index is -1.01. The maximum Gasteiger partial charge on any atom is 0.308 e. The van der Waals surface area contributed by atoms with Crippen molar-refractivity contribution in [3.05, 3.63) is 70.3 Å². The predicted octanol–water partition coefficient (Wildman–Crippen LogP) is 1.82. The molecule has 10 heteroatoms. The molecule has 168 valence electrons. The van der Waals surface area contributed by atoms with Gasteiger partial charge in [-0.25, -0.2) is 0 Å². The number of esters is 1. The molecule has 1 heterocycles. The lowest BCUT2D eigenvalue weighted by Gasteiger charge is -2.36. The average molecular weight is 441 g/mol. The third kappa shape index (κ3) is 5.81. The van der Waals surface area contributed by atoms with Crippen LogP contribution < -0.4 is 10.1 Å². The van der Waals surface area contributed by atoms with Crippen molar-refractivity contribution in [3.8, 4) is 5.75 Å². The van der Waals surface area contributed by atoms with E-state index < -0.39 is 34.9 Å². The van der Waals surface area contributed by atoms with E-state index in [1.54, 1.807) is 0 Å². The summed E-state index contributed by atoms with van der Waals surface area (Å²) in [6.45, 7) is 2.06.